The van der Waals surface area contributed by atoms with Crippen molar-refractivity contribution in [1.82, 2.24) is 24.4 Å². The summed E-state index contributed by atoms with van der Waals surface area (Å²) < 4.78 is 65.0. The first kappa shape index (κ1) is 17.8. The molecule has 0 amide bonds. The van der Waals surface area contributed by atoms with Gasteiger partial charge in [0.25, 0.3) is 0 Å². The van der Waals surface area contributed by atoms with Crippen LogP contribution in [-0.4, -0.2) is 53.3 Å². The second kappa shape index (κ2) is 6.73. The fourth-order valence-electron chi connectivity index (χ4n) is 2.71. The minimum atomic E-state index is -4.47. The van der Waals surface area contributed by atoms with Crippen LogP contribution in [0.1, 0.15) is 11.6 Å². The van der Waals surface area contributed by atoms with Crippen molar-refractivity contribution in [3.63, 3.8) is 0 Å². The lowest BCUT2D eigenvalue weighted by Crippen LogP contribution is -2.48. The molecule has 0 aliphatic carbocycles. The number of nitrogens with zero attached hydrogens (tertiary/aromatic N) is 4. The van der Waals surface area contributed by atoms with E-state index in [1.807, 2.05) is 0 Å². The van der Waals surface area contributed by atoms with Crippen LogP contribution in [0.25, 0.3) is 0 Å². The Balaban J connectivity index is 1.90. The van der Waals surface area contributed by atoms with Gasteiger partial charge >= 0.3 is 6.18 Å². The lowest BCUT2D eigenvalue weighted by Gasteiger charge is -2.34. The molecule has 2 aromatic heterocycles. The van der Waals surface area contributed by atoms with Gasteiger partial charge in [0, 0.05) is 38.2 Å². The molecular formula is C14H16F3N5O2S. The summed E-state index contributed by atoms with van der Waals surface area (Å²) in [6.07, 6.45) is 0.544. The van der Waals surface area contributed by atoms with Gasteiger partial charge in [-0.25, -0.2) is 8.42 Å². The molecule has 0 bridgehead atoms. The van der Waals surface area contributed by atoms with Gasteiger partial charge in [0.05, 0.1) is 12.2 Å². The summed E-state index contributed by atoms with van der Waals surface area (Å²) in [5.74, 6) is 0. The van der Waals surface area contributed by atoms with Crippen molar-refractivity contribution in [2.75, 3.05) is 19.6 Å². The van der Waals surface area contributed by atoms with Crippen LogP contribution >= 0.6 is 0 Å². The van der Waals surface area contributed by atoms with E-state index in [0.717, 1.165) is 12.4 Å². The number of sulfonamides is 1. The molecule has 11 heteroatoms. The molecule has 1 unspecified atom stereocenters. The standard InChI is InChI=1S/C14H16F3N5O2S/c15-14(16,17)10-21-9-12(7-20-21)25(23,24)22-5-4-19-8-13(22)11-2-1-3-18-6-11/h1-3,6-7,9,13,19H,4-5,8,10H2. The Kier molecular flexibility index (Phi) is 4.80. The van der Waals surface area contributed by atoms with Crippen LogP contribution < -0.4 is 5.32 Å². The largest absolute Gasteiger partial charge is 0.408 e. The minimum absolute atomic E-state index is 0.201. The molecule has 0 spiro atoms. The van der Waals surface area contributed by atoms with Crippen molar-refractivity contribution < 1.29 is 21.6 Å². The van der Waals surface area contributed by atoms with Crippen LogP contribution in [0.15, 0.2) is 41.8 Å². The Morgan fingerprint density at radius 1 is 1.32 bits per heavy atom. The number of hydrogen-bond donors (Lipinski definition) is 1. The predicted molar refractivity (Wildman–Crippen MR) is 82.0 cm³/mol. The molecule has 136 valence electrons. The zero-order chi connectivity index (χ0) is 18.1. The van der Waals surface area contributed by atoms with Crippen LogP contribution in [0.2, 0.25) is 0 Å². The van der Waals surface area contributed by atoms with Crippen molar-refractivity contribution >= 4 is 10.0 Å². The average molecular weight is 375 g/mol. The summed E-state index contributed by atoms with van der Waals surface area (Å²) in [6, 6.07) is 2.98. The van der Waals surface area contributed by atoms with Gasteiger partial charge in [-0.2, -0.15) is 22.6 Å². The highest BCUT2D eigenvalue weighted by molar-refractivity contribution is 7.89. The van der Waals surface area contributed by atoms with Crippen LogP contribution in [0.5, 0.6) is 0 Å². The SMILES string of the molecule is O=S(=O)(c1cnn(CC(F)(F)F)c1)N1CCNCC1c1cccnc1. The fourth-order valence-corrected chi connectivity index (χ4v) is 4.28. The predicted octanol–water partition coefficient (Wildman–Crippen LogP) is 1.18. The van der Waals surface area contributed by atoms with Gasteiger partial charge in [-0.1, -0.05) is 6.07 Å². The van der Waals surface area contributed by atoms with E-state index in [1.54, 1.807) is 24.5 Å². The quantitative estimate of drug-likeness (QED) is 0.868. The van der Waals surface area contributed by atoms with Gasteiger partial charge in [-0.15, -0.1) is 0 Å². The molecular weight excluding hydrogens is 359 g/mol. The fraction of sp³-hybridized carbons (Fsp3) is 0.429. The molecule has 7 nitrogen and oxygen atoms in total. The molecule has 3 rings (SSSR count). The Bertz CT molecular complexity index is 822. The Morgan fingerprint density at radius 3 is 2.80 bits per heavy atom. The smallest absolute Gasteiger partial charge is 0.313 e. The third kappa shape index (κ3) is 3.99. The maximum atomic E-state index is 12.9. The molecule has 1 atom stereocenters. The first-order valence-corrected chi connectivity index (χ1v) is 8.93. The van der Waals surface area contributed by atoms with E-state index < -0.39 is 28.8 Å². The third-order valence-electron chi connectivity index (χ3n) is 3.82. The van der Waals surface area contributed by atoms with Crippen LogP contribution in [0.3, 0.4) is 0 Å². The van der Waals surface area contributed by atoms with E-state index in [9.17, 15) is 21.6 Å². The highest BCUT2D eigenvalue weighted by Gasteiger charge is 2.36. The number of nitrogens with one attached hydrogen (secondary N) is 1. The summed E-state index contributed by atoms with van der Waals surface area (Å²) in [7, 11) is -3.98. The number of halogens is 3. The van der Waals surface area contributed by atoms with Crippen molar-refractivity contribution in [2.24, 2.45) is 0 Å². The van der Waals surface area contributed by atoms with Gasteiger partial charge < -0.3 is 5.32 Å². The molecule has 1 N–H and O–H groups in total. The Hall–Kier alpha value is -1.98. The average Bonchev–Trinajstić information content (AvgIpc) is 3.03. The van der Waals surface area contributed by atoms with E-state index in [1.165, 1.54) is 4.31 Å². The van der Waals surface area contributed by atoms with Crippen molar-refractivity contribution in [3.8, 4) is 0 Å². The molecule has 1 fully saturated rings. The third-order valence-corrected chi connectivity index (χ3v) is 5.68. The number of aromatic nitrogens is 3. The summed E-state index contributed by atoms with van der Waals surface area (Å²) in [4.78, 5) is 3.75. The Morgan fingerprint density at radius 2 is 2.12 bits per heavy atom. The summed E-state index contributed by atoms with van der Waals surface area (Å²) in [5.41, 5.74) is 0.709. The van der Waals surface area contributed by atoms with E-state index in [2.05, 4.69) is 15.4 Å². The van der Waals surface area contributed by atoms with Gasteiger partial charge in [-0.05, 0) is 11.6 Å². The second-order valence-corrected chi connectivity index (χ2v) is 7.50. The second-order valence-electron chi connectivity index (χ2n) is 5.61. The minimum Gasteiger partial charge on any atom is -0.313 e. The van der Waals surface area contributed by atoms with Crippen LogP contribution in [0.4, 0.5) is 13.2 Å². The first-order chi connectivity index (χ1) is 11.8. The number of pyridine rings is 1. The lowest BCUT2D eigenvalue weighted by molar-refractivity contribution is -0.142. The maximum absolute atomic E-state index is 12.9. The topological polar surface area (TPSA) is 80.1 Å². The molecule has 1 aliphatic heterocycles. The molecule has 0 radical (unpaired) electrons. The Labute approximate surface area is 142 Å². The molecule has 2 aromatic rings. The van der Waals surface area contributed by atoms with Crippen molar-refractivity contribution in [3.05, 3.63) is 42.5 Å². The van der Waals surface area contributed by atoms with E-state index >= 15 is 0 Å². The highest BCUT2D eigenvalue weighted by Crippen LogP contribution is 2.28. The van der Waals surface area contributed by atoms with Gasteiger partial charge in [-0.3, -0.25) is 9.67 Å². The van der Waals surface area contributed by atoms with Crippen LogP contribution in [-0.2, 0) is 16.6 Å². The van der Waals surface area contributed by atoms with Gasteiger partial charge in [0.2, 0.25) is 10.0 Å². The highest BCUT2D eigenvalue weighted by atomic mass is 32.2. The zero-order valence-electron chi connectivity index (χ0n) is 13.0. The van der Waals surface area contributed by atoms with Crippen molar-refractivity contribution in [2.45, 2.75) is 23.7 Å². The molecule has 1 aliphatic rings. The number of alkyl halides is 3. The number of piperazine rings is 1. The van der Waals surface area contributed by atoms with Gasteiger partial charge in [0.1, 0.15) is 11.4 Å². The van der Waals surface area contributed by atoms with Crippen molar-refractivity contribution in [1.29, 1.82) is 0 Å². The molecule has 3 heterocycles. The lowest BCUT2D eigenvalue weighted by atomic mass is 10.1. The maximum Gasteiger partial charge on any atom is 0.408 e. The molecule has 25 heavy (non-hydrogen) atoms. The normalized spacial score (nSPS) is 19.9. The van der Waals surface area contributed by atoms with E-state index in [-0.39, 0.29) is 11.4 Å². The molecule has 0 aromatic carbocycles. The number of rotatable bonds is 4. The summed E-state index contributed by atoms with van der Waals surface area (Å²) >= 11 is 0. The number of hydrogen-bond acceptors (Lipinski definition) is 5. The zero-order valence-corrected chi connectivity index (χ0v) is 13.8. The monoisotopic (exact) mass is 375 g/mol. The van der Waals surface area contributed by atoms with E-state index in [0.29, 0.717) is 23.3 Å². The van der Waals surface area contributed by atoms with Gasteiger partial charge in [0.15, 0.2) is 0 Å². The van der Waals surface area contributed by atoms with E-state index in [4.69, 9.17) is 0 Å². The molecule has 1 saturated heterocycles. The molecule has 0 saturated carbocycles. The van der Waals surface area contributed by atoms with Crippen LogP contribution in [0, 0.1) is 0 Å². The first-order valence-electron chi connectivity index (χ1n) is 7.49. The summed E-state index contributed by atoms with van der Waals surface area (Å²) in [6.45, 7) is -0.295. The summed E-state index contributed by atoms with van der Waals surface area (Å²) in [5, 5.41) is 6.64.